The molecule has 7 nitrogen and oxygen atoms in total. The SMILES string of the molecule is CC1(C)Oc2cc([N+](=O)[O-])sc2[C@H](N2CCCC2=O)[C@H]1O. The maximum absolute atomic E-state index is 12.0. The summed E-state index contributed by atoms with van der Waals surface area (Å²) in [5.41, 5.74) is -0.907. The third-order valence-electron chi connectivity index (χ3n) is 3.99. The average Bonchev–Trinajstić information content (AvgIpc) is 2.97. The van der Waals surface area contributed by atoms with E-state index in [1.165, 1.54) is 6.07 Å². The molecule has 2 aliphatic heterocycles. The summed E-state index contributed by atoms with van der Waals surface area (Å²) in [7, 11) is 0. The number of aliphatic hydroxyl groups excluding tert-OH is 1. The highest BCUT2D eigenvalue weighted by atomic mass is 32.1. The van der Waals surface area contributed by atoms with Crippen molar-refractivity contribution in [2.45, 2.75) is 44.4 Å². The van der Waals surface area contributed by atoms with Crippen LogP contribution < -0.4 is 4.74 Å². The van der Waals surface area contributed by atoms with Gasteiger partial charge in [0, 0.05) is 13.0 Å². The van der Waals surface area contributed by atoms with E-state index in [0.717, 1.165) is 17.8 Å². The Morgan fingerprint density at radius 1 is 1.57 bits per heavy atom. The number of nitro groups is 1. The number of ether oxygens (including phenoxy) is 1. The van der Waals surface area contributed by atoms with E-state index < -0.39 is 22.7 Å². The number of nitrogens with zero attached hydrogens (tertiary/aromatic N) is 2. The van der Waals surface area contributed by atoms with Crippen molar-refractivity contribution < 1.29 is 19.6 Å². The lowest BCUT2D eigenvalue weighted by molar-refractivity contribution is -0.380. The van der Waals surface area contributed by atoms with Gasteiger partial charge in [0.2, 0.25) is 5.91 Å². The van der Waals surface area contributed by atoms with E-state index in [4.69, 9.17) is 4.74 Å². The van der Waals surface area contributed by atoms with Gasteiger partial charge in [0.1, 0.15) is 17.5 Å². The Bertz CT molecular complexity index is 612. The molecular formula is C13H16N2O5S. The van der Waals surface area contributed by atoms with E-state index in [1.54, 1.807) is 18.7 Å². The van der Waals surface area contributed by atoms with Gasteiger partial charge in [-0.15, -0.1) is 0 Å². The van der Waals surface area contributed by atoms with Crippen molar-refractivity contribution in [3.8, 4) is 5.75 Å². The summed E-state index contributed by atoms with van der Waals surface area (Å²) in [6.07, 6.45) is 0.268. The van der Waals surface area contributed by atoms with Crippen molar-refractivity contribution in [3.05, 3.63) is 21.1 Å². The summed E-state index contributed by atoms with van der Waals surface area (Å²) < 4.78 is 5.71. The van der Waals surface area contributed by atoms with E-state index >= 15 is 0 Å². The van der Waals surface area contributed by atoms with Gasteiger partial charge in [-0.05, 0) is 20.3 Å². The summed E-state index contributed by atoms with van der Waals surface area (Å²) in [4.78, 5) is 24.7. The van der Waals surface area contributed by atoms with Crippen molar-refractivity contribution in [2.24, 2.45) is 0 Å². The maximum Gasteiger partial charge on any atom is 0.328 e. The van der Waals surface area contributed by atoms with E-state index in [-0.39, 0.29) is 10.9 Å². The molecule has 8 heteroatoms. The first-order valence-corrected chi connectivity index (χ1v) is 7.57. The predicted octanol–water partition coefficient (Wildman–Crippen LogP) is 1.85. The van der Waals surface area contributed by atoms with Gasteiger partial charge in [-0.25, -0.2) is 0 Å². The molecule has 0 unspecified atom stereocenters. The van der Waals surface area contributed by atoms with Crippen LogP contribution in [-0.2, 0) is 4.79 Å². The number of likely N-dealkylation sites (tertiary alicyclic amines) is 1. The predicted molar refractivity (Wildman–Crippen MR) is 75.4 cm³/mol. The van der Waals surface area contributed by atoms with E-state index in [1.807, 2.05) is 0 Å². The molecule has 0 spiro atoms. The summed E-state index contributed by atoms with van der Waals surface area (Å²) in [6.45, 7) is 4.00. The van der Waals surface area contributed by atoms with Crippen molar-refractivity contribution in [1.29, 1.82) is 0 Å². The second-order valence-electron chi connectivity index (χ2n) is 5.86. The van der Waals surface area contributed by atoms with Crippen molar-refractivity contribution in [3.63, 3.8) is 0 Å². The molecule has 3 heterocycles. The Balaban J connectivity index is 2.09. The largest absolute Gasteiger partial charge is 0.484 e. The lowest BCUT2D eigenvalue weighted by atomic mass is 9.90. The van der Waals surface area contributed by atoms with E-state index in [2.05, 4.69) is 0 Å². The van der Waals surface area contributed by atoms with Gasteiger partial charge in [-0.1, -0.05) is 11.3 Å². The van der Waals surface area contributed by atoms with Crippen LogP contribution in [0.1, 0.15) is 37.6 Å². The van der Waals surface area contributed by atoms with Crippen molar-refractivity contribution in [1.82, 2.24) is 4.90 Å². The standard InChI is InChI=1S/C13H16N2O5S/c1-13(2)12(17)10(14-5-3-4-8(14)16)11-7(20-13)6-9(21-11)15(18)19/h6,10,12,17H,3-5H2,1-2H3/t10-,12+/m0/s1. The number of aliphatic hydroxyl groups is 1. The monoisotopic (exact) mass is 312 g/mol. The number of carbonyl (C=O) groups excluding carboxylic acids is 1. The van der Waals surface area contributed by atoms with Gasteiger partial charge in [-0.2, -0.15) is 0 Å². The van der Waals surface area contributed by atoms with Crippen LogP contribution in [0.4, 0.5) is 5.00 Å². The number of hydrogen-bond donors (Lipinski definition) is 1. The van der Waals surface area contributed by atoms with Gasteiger partial charge in [0.05, 0.1) is 21.9 Å². The number of fused-ring (bicyclic) bond motifs is 1. The Morgan fingerprint density at radius 3 is 2.86 bits per heavy atom. The van der Waals surface area contributed by atoms with E-state index in [9.17, 15) is 20.0 Å². The molecule has 1 amide bonds. The lowest BCUT2D eigenvalue weighted by Gasteiger charge is -2.43. The molecule has 3 rings (SSSR count). The van der Waals surface area contributed by atoms with Crippen LogP contribution in [0.3, 0.4) is 0 Å². The number of hydrogen-bond acceptors (Lipinski definition) is 6. The Morgan fingerprint density at radius 2 is 2.29 bits per heavy atom. The minimum absolute atomic E-state index is 0.0289. The van der Waals surface area contributed by atoms with E-state index in [0.29, 0.717) is 23.6 Å². The van der Waals surface area contributed by atoms with Crippen molar-refractivity contribution >= 4 is 22.2 Å². The summed E-state index contributed by atoms with van der Waals surface area (Å²) in [6, 6.07) is 0.804. The molecule has 0 bridgehead atoms. The third-order valence-corrected chi connectivity index (χ3v) is 5.13. The summed E-state index contributed by atoms with van der Waals surface area (Å²) in [5.74, 6) is 0.366. The molecular weight excluding hydrogens is 296 g/mol. The highest BCUT2D eigenvalue weighted by Gasteiger charge is 2.49. The molecule has 0 aromatic carbocycles. The topological polar surface area (TPSA) is 92.9 Å². The molecule has 1 aromatic rings. The van der Waals surface area contributed by atoms with Crippen LogP contribution in [0.25, 0.3) is 0 Å². The maximum atomic E-state index is 12.0. The number of amides is 1. The number of carbonyl (C=O) groups is 1. The second kappa shape index (κ2) is 4.67. The molecule has 114 valence electrons. The molecule has 1 N–H and O–H groups in total. The first kappa shape index (κ1) is 14.3. The van der Waals surface area contributed by atoms with Crippen molar-refractivity contribution in [2.75, 3.05) is 6.54 Å². The first-order valence-electron chi connectivity index (χ1n) is 6.76. The van der Waals surface area contributed by atoms with Crippen LogP contribution in [0.15, 0.2) is 6.07 Å². The molecule has 1 aromatic heterocycles. The molecule has 0 aliphatic carbocycles. The zero-order valence-electron chi connectivity index (χ0n) is 11.7. The normalized spacial score (nSPS) is 27.4. The summed E-state index contributed by atoms with van der Waals surface area (Å²) >= 11 is 0.967. The van der Waals surface area contributed by atoms with Gasteiger partial charge in [0.15, 0.2) is 0 Å². The highest BCUT2D eigenvalue weighted by Crippen LogP contribution is 2.49. The van der Waals surface area contributed by atoms with Crippen LogP contribution in [-0.4, -0.2) is 39.1 Å². The minimum Gasteiger partial charge on any atom is -0.484 e. The smallest absolute Gasteiger partial charge is 0.328 e. The molecule has 0 radical (unpaired) electrons. The highest BCUT2D eigenvalue weighted by molar-refractivity contribution is 7.15. The van der Waals surface area contributed by atoms with Gasteiger partial charge in [-0.3, -0.25) is 14.9 Å². The molecule has 2 atom stereocenters. The molecule has 2 aliphatic rings. The average molecular weight is 312 g/mol. The number of thiophene rings is 1. The van der Waals surface area contributed by atoms with Gasteiger partial charge >= 0.3 is 5.00 Å². The Kier molecular flexibility index (Phi) is 3.18. The van der Waals surface area contributed by atoms with Gasteiger partial charge < -0.3 is 14.7 Å². The molecule has 1 fully saturated rings. The molecule has 21 heavy (non-hydrogen) atoms. The summed E-state index contributed by atoms with van der Waals surface area (Å²) in [5, 5.41) is 21.5. The van der Waals surface area contributed by atoms with Crippen LogP contribution in [0.5, 0.6) is 5.75 Å². The number of rotatable bonds is 2. The fourth-order valence-corrected chi connectivity index (χ4v) is 3.94. The Hall–Kier alpha value is -1.67. The molecule has 1 saturated heterocycles. The fraction of sp³-hybridized carbons (Fsp3) is 0.615. The minimum atomic E-state index is -0.926. The van der Waals surface area contributed by atoms with Crippen LogP contribution in [0, 0.1) is 10.1 Å². The van der Waals surface area contributed by atoms with Gasteiger partial charge in [0.25, 0.3) is 0 Å². The first-order chi connectivity index (χ1) is 9.81. The van der Waals surface area contributed by atoms with Crippen LogP contribution >= 0.6 is 11.3 Å². The third kappa shape index (κ3) is 2.18. The zero-order valence-corrected chi connectivity index (χ0v) is 12.6. The lowest BCUT2D eigenvalue weighted by Crippen LogP contribution is -2.53. The quantitative estimate of drug-likeness (QED) is 0.664. The fourth-order valence-electron chi connectivity index (χ4n) is 2.89. The molecule has 0 saturated carbocycles. The van der Waals surface area contributed by atoms with Crippen LogP contribution in [0.2, 0.25) is 0 Å². The zero-order chi connectivity index (χ0) is 15.4. The second-order valence-corrected chi connectivity index (χ2v) is 6.92. The Labute approximate surface area is 125 Å².